The van der Waals surface area contributed by atoms with Crippen molar-refractivity contribution >= 4 is 34.3 Å². The molecule has 1 amide bonds. The average molecular weight is 389 g/mol. The maximum absolute atomic E-state index is 12.2. The third-order valence-corrected chi connectivity index (χ3v) is 4.71. The van der Waals surface area contributed by atoms with Crippen LogP contribution in [0, 0.1) is 0 Å². The molecule has 0 bridgehead atoms. The van der Waals surface area contributed by atoms with Gasteiger partial charge in [0.1, 0.15) is 5.75 Å². The van der Waals surface area contributed by atoms with Crippen molar-refractivity contribution in [1.29, 1.82) is 0 Å². The Morgan fingerprint density at radius 1 is 1.07 bits per heavy atom. The van der Waals surface area contributed by atoms with Crippen molar-refractivity contribution in [1.82, 2.24) is 0 Å². The summed E-state index contributed by atoms with van der Waals surface area (Å²) in [5.74, 6) is -2.05. The van der Waals surface area contributed by atoms with Gasteiger partial charge in [0.25, 0.3) is 0 Å². The summed E-state index contributed by atoms with van der Waals surface area (Å²) in [6, 6.07) is 12.3. The third kappa shape index (κ3) is 6.34. The molecule has 0 radical (unpaired) electrons. The predicted octanol–water partition coefficient (Wildman–Crippen LogP) is 2.45. The van der Waals surface area contributed by atoms with E-state index in [2.05, 4.69) is 5.32 Å². The molecule has 0 aliphatic heterocycles. The number of rotatable bonds is 8. The molecular formula is C19H19NO6S. The molecule has 2 N–H and O–H groups in total. The van der Waals surface area contributed by atoms with Crippen LogP contribution in [-0.2, 0) is 26.1 Å². The fourth-order valence-electron chi connectivity index (χ4n) is 2.28. The normalized spacial score (nSPS) is 11.4. The maximum atomic E-state index is 12.2. The lowest BCUT2D eigenvalue weighted by molar-refractivity contribution is -0.113. The quantitative estimate of drug-likeness (QED) is 0.671. The number of carbonyl (C=O) groups is 3. The summed E-state index contributed by atoms with van der Waals surface area (Å²) < 4.78 is 17.1. The summed E-state index contributed by atoms with van der Waals surface area (Å²) in [6.07, 6.45) is 0. The van der Waals surface area contributed by atoms with Crippen molar-refractivity contribution in [3.63, 3.8) is 0 Å². The summed E-state index contributed by atoms with van der Waals surface area (Å²) >= 11 is 0. The highest BCUT2D eigenvalue weighted by Gasteiger charge is 2.12. The van der Waals surface area contributed by atoms with Gasteiger partial charge in [-0.1, -0.05) is 12.1 Å². The molecule has 142 valence electrons. The second-order valence-corrected chi connectivity index (χ2v) is 7.04. The van der Waals surface area contributed by atoms with E-state index in [1.54, 1.807) is 31.2 Å². The van der Waals surface area contributed by atoms with Gasteiger partial charge in [-0.3, -0.25) is 9.00 Å². The lowest BCUT2D eigenvalue weighted by Crippen LogP contribution is -2.20. The molecule has 7 nitrogen and oxygen atoms in total. The number of benzene rings is 2. The summed E-state index contributed by atoms with van der Waals surface area (Å²) in [4.78, 5) is 34.5. The van der Waals surface area contributed by atoms with Crippen molar-refractivity contribution in [2.75, 3.05) is 17.7 Å². The molecule has 0 saturated carbocycles. The van der Waals surface area contributed by atoms with Gasteiger partial charge in [-0.15, -0.1) is 0 Å². The predicted molar refractivity (Wildman–Crippen MR) is 101 cm³/mol. The summed E-state index contributed by atoms with van der Waals surface area (Å²) in [5.41, 5.74) is 1.57. The first-order valence-corrected chi connectivity index (χ1v) is 9.62. The van der Waals surface area contributed by atoms with E-state index in [1.165, 1.54) is 24.3 Å². The van der Waals surface area contributed by atoms with Crippen molar-refractivity contribution in [3.8, 4) is 0 Å². The van der Waals surface area contributed by atoms with Crippen molar-refractivity contribution < 1.29 is 28.4 Å². The van der Waals surface area contributed by atoms with E-state index in [0.29, 0.717) is 16.8 Å². The Morgan fingerprint density at radius 3 is 2.41 bits per heavy atom. The Hall–Kier alpha value is -3.00. The first-order valence-electron chi connectivity index (χ1n) is 8.13. The van der Waals surface area contributed by atoms with E-state index in [-0.39, 0.29) is 23.7 Å². The van der Waals surface area contributed by atoms with Gasteiger partial charge < -0.3 is 15.2 Å². The van der Waals surface area contributed by atoms with Crippen LogP contribution in [0.4, 0.5) is 5.69 Å². The summed E-state index contributed by atoms with van der Waals surface area (Å²) in [6.45, 7) is 1.98. The Morgan fingerprint density at radius 2 is 1.78 bits per heavy atom. The van der Waals surface area contributed by atoms with Crippen molar-refractivity contribution in [3.05, 3.63) is 65.2 Å². The zero-order valence-electron chi connectivity index (χ0n) is 14.6. The van der Waals surface area contributed by atoms with Crippen LogP contribution in [0.25, 0.3) is 0 Å². The van der Waals surface area contributed by atoms with Gasteiger partial charge in [0.15, 0.2) is 0 Å². The highest BCUT2D eigenvalue weighted by molar-refractivity contribution is 7.84. The Labute approximate surface area is 158 Å². The minimum atomic E-state index is -1.47. The number of esters is 1. The number of carboxylic acids is 1. The van der Waals surface area contributed by atoms with E-state index in [0.717, 1.165) is 0 Å². The lowest BCUT2D eigenvalue weighted by Gasteiger charge is -2.07. The number of hydrogen-bond donors (Lipinski definition) is 2. The van der Waals surface area contributed by atoms with E-state index < -0.39 is 28.6 Å². The minimum absolute atomic E-state index is 0.109. The lowest BCUT2D eigenvalue weighted by atomic mass is 10.1. The summed E-state index contributed by atoms with van der Waals surface area (Å²) in [7, 11) is -1.47. The van der Waals surface area contributed by atoms with Crippen LogP contribution >= 0.6 is 0 Å². The zero-order valence-corrected chi connectivity index (χ0v) is 15.5. The molecule has 0 aromatic heterocycles. The van der Waals surface area contributed by atoms with Crippen LogP contribution in [0.2, 0.25) is 0 Å². The maximum Gasteiger partial charge on any atom is 0.338 e. The highest BCUT2D eigenvalue weighted by atomic mass is 32.2. The van der Waals surface area contributed by atoms with Gasteiger partial charge >= 0.3 is 11.9 Å². The molecule has 0 fully saturated rings. The molecule has 2 aromatic rings. The standard InChI is InChI=1S/C19H19NO6S/c1-2-26-19(24)15-5-3-4-13(10-15)11-27(25)12-17(21)20-16-8-6-14(7-9-16)18(22)23/h3-10H,2,11-12H2,1H3,(H,20,21)(H,22,23). The molecule has 2 rings (SSSR count). The molecule has 0 heterocycles. The number of nitrogens with one attached hydrogen (secondary N) is 1. The van der Waals surface area contributed by atoms with Crippen LogP contribution < -0.4 is 5.32 Å². The molecule has 8 heteroatoms. The molecule has 0 spiro atoms. The molecule has 1 unspecified atom stereocenters. The van der Waals surface area contributed by atoms with Crippen molar-refractivity contribution in [2.45, 2.75) is 12.7 Å². The van der Waals surface area contributed by atoms with Gasteiger partial charge in [-0.25, -0.2) is 9.59 Å². The zero-order chi connectivity index (χ0) is 19.8. The number of hydrogen-bond acceptors (Lipinski definition) is 5. The number of ether oxygens (including phenoxy) is 1. The Bertz CT molecular complexity index is 863. The van der Waals surface area contributed by atoms with Gasteiger partial charge in [0.2, 0.25) is 5.91 Å². The number of carbonyl (C=O) groups excluding carboxylic acids is 2. The second kappa shape index (κ2) is 9.63. The van der Waals surface area contributed by atoms with Crippen LogP contribution in [-0.4, -0.2) is 39.5 Å². The van der Waals surface area contributed by atoms with Gasteiger partial charge in [-0.05, 0) is 48.9 Å². The van der Waals surface area contributed by atoms with Gasteiger partial charge in [0.05, 0.1) is 17.7 Å². The van der Waals surface area contributed by atoms with E-state index in [1.807, 2.05) is 0 Å². The van der Waals surface area contributed by atoms with Crippen LogP contribution in [0.3, 0.4) is 0 Å². The number of carboxylic acid groups (broad SMARTS) is 1. The van der Waals surface area contributed by atoms with Gasteiger partial charge in [0, 0.05) is 22.2 Å². The molecular weight excluding hydrogens is 370 g/mol. The van der Waals surface area contributed by atoms with E-state index in [4.69, 9.17) is 9.84 Å². The van der Waals surface area contributed by atoms with Crippen LogP contribution in [0.5, 0.6) is 0 Å². The fraction of sp³-hybridized carbons (Fsp3) is 0.211. The molecule has 27 heavy (non-hydrogen) atoms. The van der Waals surface area contributed by atoms with Crippen LogP contribution in [0.1, 0.15) is 33.2 Å². The fourth-order valence-corrected chi connectivity index (χ4v) is 3.30. The van der Waals surface area contributed by atoms with Gasteiger partial charge in [-0.2, -0.15) is 0 Å². The Kier molecular flexibility index (Phi) is 7.25. The number of aromatic carboxylic acids is 1. The first-order chi connectivity index (χ1) is 12.9. The van der Waals surface area contributed by atoms with E-state index in [9.17, 15) is 18.6 Å². The monoisotopic (exact) mass is 389 g/mol. The topological polar surface area (TPSA) is 110 Å². The molecule has 1 atom stereocenters. The number of anilines is 1. The van der Waals surface area contributed by atoms with E-state index >= 15 is 0 Å². The third-order valence-electron chi connectivity index (χ3n) is 3.47. The first kappa shape index (κ1) is 20.3. The Balaban J connectivity index is 1.91. The molecule has 2 aromatic carbocycles. The second-order valence-electron chi connectivity index (χ2n) is 5.58. The molecule has 0 aliphatic rings. The smallest absolute Gasteiger partial charge is 0.338 e. The highest BCUT2D eigenvalue weighted by Crippen LogP contribution is 2.11. The molecule has 0 aliphatic carbocycles. The molecule has 0 saturated heterocycles. The van der Waals surface area contributed by atoms with Crippen molar-refractivity contribution in [2.24, 2.45) is 0 Å². The van der Waals surface area contributed by atoms with Crippen LogP contribution in [0.15, 0.2) is 48.5 Å². The largest absolute Gasteiger partial charge is 0.478 e. The summed E-state index contributed by atoms with van der Waals surface area (Å²) in [5, 5.41) is 11.4. The minimum Gasteiger partial charge on any atom is -0.478 e. The SMILES string of the molecule is CCOC(=O)c1cccc(CS(=O)CC(=O)Nc2ccc(C(=O)O)cc2)c1. The average Bonchev–Trinajstić information content (AvgIpc) is 2.62. The number of amides is 1.